The van der Waals surface area contributed by atoms with Gasteiger partial charge in [-0.2, -0.15) is 0 Å². The van der Waals surface area contributed by atoms with E-state index in [0.29, 0.717) is 24.3 Å². The number of benzene rings is 1. The molecule has 1 aromatic heterocycles. The molecule has 0 saturated carbocycles. The minimum absolute atomic E-state index is 0.119. The van der Waals surface area contributed by atoms with Crippen molar-refractivity contribution in [1.82, 2.24) is 30.4 Å². The van der Waals surface area contributed by atoms with Crippen LogP contribution >= 0.6 is 0 Å². The molecule has 0 spiro atoms. The van der Waals surface area contributed by atoms with Crippen LogP contribution in [-0.2, 0) is 11.2 Å². The van der Waals surface area contributed by atoms with Crippen LogP contribution in [0.2, 0.25) is 0 Å². The molecule has 1 amide bonds. The molecule has 2 aliphatic heterocycles. The van der Waals surface area contributed by atoms with Gasteiger partial charge in [-0.15, -0.1) is 5.10 Å². The second-order valence-electron chi connectivity index (χ2n) is 7.09. The lowest BCUT2D eigenvalue weighted by Crippen LogP contribution is -2.43. The Morgan fingerprint density at radius 1 is 1.24 bits per heavy atom. The zero-order chi connectivity index (χ0) is 17.2. The lowest BCUT2D eigenvalue weighted by Gasteiger charge is -2.28. The van der Waals surface area contributed by atoms with E-state index in [2.05, 4.69) is 20.8 Å². The summed E-state index contributed by atoms with van der Waals surface area (Å²) in [6, 6.07) is 10.7. The predicted octanol–water partition coefficient (Wildman–Crippen LogP) is 1.12. The number of rotatable bonds is 4. The molecule has 2 fully saturated rings. The number of nitrogens with one attached hydrogen (secondary N) is 1. The molecule has 3 atom stereocenters. The molecule has 1 N–H and O–H groups in total. The van der Waals surface area contributed by atoms with Gasteiger partial charge in [-0.3, -0.25) is 4.79 Å². The van der Waals surface area contributed by atoms with Crippen molar-refractivity contribution >= 4 is 5.91 Å². The zero-order valence-electron chi connectivity index (χ0n) is 14.5. The first kappa shape index (κ1) is 16.2. The maximum absolute atomic E-state index is 13.4. The fraction of sp³-hybridized carbons (Fsp3) is 0.556. The highest BCUT2D eigenvalue weighted by Crippen LogP contribution is 2.24. The van der Waals surface area contributed by atoms with Crippen LogP contribution < -0.4 is 5.32 Å². The van der Waals surface area contributed by atoms with Crippen LogP contribution in [0.3, 0.4) is 0 Å². The highest BCUT2D eigenvalue weighted by molar-refractivity contribution is 5.81. The molecule has 2 aliphatic rings. The summed E-state index contributed by atoms with van der Waals surface area (Å²) >= 11 is 0. The van der Waals surface area contributed by atoms with Crippen LogP contribution in [0.5, 0.6) is 0 Å². The highest BCUT2D eigenvalue weighted by atomic mass is 16.2. The molecule has 0 radical (unpaired) electrons. The van der Waals surface area contributed by atoms with Crippen LogP contribution in [0.25, 0.3) is 0 Å². The molecule has 3 unspecified atom stereocenters. The first-order valence-corrected chi connectivity index (χ1v) is 9.04. The number of nitrogens with zero attached hydrogens (tertiary/aromatic N) is 5. The summed E-state index contributed by atoms with van der Waals surface area (Å²) in [4.78, 5) is 15.4. The second kappa shape index (κ2) is 6.92. The molecule has 0 aliphatic carbocycles. The molecule has 1 aromatic carbocycles. The van der Waals surface area contributed by atoms with Gasteiger partial charge >= 0.3 is 0 Å². The van der Waals surface area contributed by atoms with E-state index in [9.17, 15) is 4.79 Å². The van der Waals surface area contributed by atoms with E-state index in [-0.39, 0.29) is 5.91 Å². The minimum Gasteiger partial charge on any atom is -0.339 e. The van der Waals surface area contributed by atoms with E-state index >= 15 is 0 Å². The maximum Gasteiger partial charge on any atom is 0.247 e. The normalized spacial score (nSPS) is 24.1. The predicted molar refractivity (Wildman–Crippen MR) is 92.9 cm³/mol. The maximum atomic E-state index is 13.4. The van der Waals surface area contributed by atoms with Gasteiger partial charge in [0.25, 0.3) is 0 Å². The van der Waals surface area contributed by atoms with Crippen molar-refractivity contribution in [3.05, 3.63) is 41.7 Å². The number of likely N-dealkylation sites (tertiary alicyclic amines) is 1. The Morgan fingerprint density at radius 2 is 2.04 bits per heavy atom. The number of carbonyl (C=O) groups is 1. The van der Waals surface area contributed by atoms with E-state index in [1.165, 1.54) is 6.42 Å². The average molecular weight is 340 g/mol. The van der Waals surface area contributed by atoms with E-state index in [1.807, 2.05) is 42.2 Å². The number of fused-ring (bicyclic) bond motifs is 2. The van der Waals surface area contributed by atoms with Gasteiger partial charge in [-0.1, -0.05) is 30.3 Å². The Kier molecular flexibility index (Phi) is 4.48. The van der Waals surface area contributed by atoms with Crippen LogP contribution in [0, 0.1) is 6.92 Å². The Bertz CT molecular complexity index is 730. The molecule has 25 heavy (non-hydrogen) atoms. The Hall–Kier alpha value is -2.28. The molecular weight excluding hydrogens is 316 g/mol. The molecular formula is C18H24N6O. The van der Waals surface area contributed by atoms with E-state index in [1.54, 1.807) is 4.68 Å². The standard InChI is InChI=1S/C18H24N6O/c1-13-20-21-22-24(13)17(11-14-5-3-2-4-6-14)18(25)23-10-9-15-7-8-16(12-23)19-15/h2-6,15-17,19H,7-12H2,1H3. The van der Waals surface area contributed by atoms with Crippen LogP contribution in [0.15, 0.2) is 30.3 Å². The van der Waals surface area contributed by atoms with E-state index in [0.717, 1.165) is 31.5 Å². The summed E-state index contributed by atoms with van der Waals surface area (Å²) in [7, 11) is 0. The summed E-state index contributed by atoms with van der Waals surface area (Å²) < 4.78 is 1.67. The molecule has 4 rings (SSSR count). The van der Waals surface area contributed by atoms with Crippen LogP contribution in [-0.4, -0.2) is 56.2 Å². The lowest BCUT2D eigenvalue weighted by molar-refractivity contribution is -0.135. The second-order valence-corrected chi connectivity index (χ2v) is 7.09. The van der Waals surface area contributed by atoms with Crippen molar-refractivity contribution in [3.8, 4) is 0 Å². The number of amides is 1. The Labute approximate surface area is 147 Å². The third-order valence-corrected chi connectivity index (χ3v) is 5.34. The minimum atomic E-state index is -0.394. The lowest BCUT2D eigenvalue weighted by atomic mass is 10.0. The van der Waals surface area contributed by atoms with Crippen molar-refractivity contribution in [1.29, 1.82) is 0 Å². The number of hydrogen-bond donors (Lipinski definition) is 1. The molecule has 2 aromatic rings. The number of aromatic nitrogens is 4. The monoisotopic (exact) mass is 340 g/mol. The van der Waals surface area contributed by atoms with Crippen LogP contribution in [0.1, 0.15) is 36.7 Å². The largest absolute Gasteiger partial charge is 0.339 e. The molecule has 132 valence electrons. The smallest absolute Gasteiger partial charge is 0.247 e. The van der Waals surface area contributed by atoms with Gasteiger partial charge in [-0.05, 0) is 42.2 Å². The van der Waals surface area contributed by atoms with Crippen molar-refractivity contribution < 1.29 is 4.79 Å². The molecule has 2 saturated heterocycles. The van der Waals surface area contributed by atoms with E-state index < -0.39 is 6.04 Å². The third-order valence-electron chi connectivity index (χ3n) is 5.34. The highest BCUT2D eigenvalue weighted by Gasteiger charge is 2.35. The van der Waals surface area contributed by atoms with E-state index in [4.69, 9.17) is 0 Å². The fourth-order valence-electron chi connectivity index (χ4n) is 4.00. The molecule has 3 heterocycles. The first-order valence-electron chi connectivity index (χ1n) is 9.04. The third kappa shape index (κ3) is 3.42. The van der Waals surface area contributed by atoms with Gasteiger partial charge in [-0.25, -0.2) is 4.68 Å². The Morgan fingerprint density at radius 3 is 2.80 bits per heavy atom. The van der Waals surface area contributed by atoms with Gasteiger partial charge in [0.2, 0.25) is 5.91 Å². The number of hydrogen-bond acceptors (Lipinski definition) is 5. The van der Waals surface area contributed by atoms with Gasteiger partial charge in [0.05, 0.1) is 0 Å². The van der Waals surface area contributed by atoms with Crippen LogP contribution in [0.4, 0.5) is 0 Å². The summed E-state index contributed by atoms with van der Waals surface area (Å²) in [5.41, 5.74) is 1.12. The first-order chi connectivity index (χ1) is 12.2. The Balaban J connectivity index is 1.58. The molecule has 2 bridgehead atoms. The summed E-state index contributed by atoms with van der Waals surface area (Å²) in [6.07, 6.45) is 4.01. The summed E-state index contributed by atoms with van der Waals surface area (Å²) in [6.45, 7) is 3.43. The molecule has 7 nitrogen and oxygen atoms in total. The van der Waals surface area contributed by atoms with Gasteiger partial charge in [0.15, 0.2) is 0 Å². The van der Waals surface area contributed by atoms with Crippen molar-refractivity contribution in [3.63, 3.8) is 0 Å². The number of carbonyl (C=O) groups excluding carboxylic acids is 1. The average Bonchev–Trinajstić information content (AvgIpc) is 3.18. The van der Waals surface area contributed by atoms with Gasteiger partial charge < -0.3 is 10.2 Å². The number of aryl methyl sites for hydroxylation is 1. The molecule has 7 heteroatoms. The summed E-state index contributed by atoms with van der Waals surface area (Å²) in [5.74, 6) is 0.789. The van der Waals surface area contributed by atoms with Crippen molar-refractivity contribution in [2.75, 3.05) is 13.1 Å². The SMILES string of the molecule is Cc1nnnn1C(Cc1ccccc1)C(=O)N1CCC2CCC(C1)N2. The topological polar surface area (TPSA) is 75.9 Å². The number of tetrazole rings is 1. The quantitative estimate of drug-likeness (QED) is 0.903. The van der Waals surface area contributed by atoms with Gasteiger partial charge in [0.1, 0.15) is 11.9 Å². The fourth-order valence-corrected chi connectivity index (χ4v) is 4.00. The zero-order valence-corrected chi connectivity index (χ0v) is 14.5. The summed E-state index contributed by atoms with van der Waals surface area (Å²) in [5, 5.41) is 15.5. The van der Waals surface area contributed by atoms with Gasteiger partial charge in [0, 0.05) is 31.6 Å². The van der Waals surface area contributed by atoms with Crippen molar-refractivity contribution in [2.45, 2.75) is 50.7 Å². The van der Waals surface area contributed by atoms with Crippen molar-refractivity contribution in [2.24, 2.45) is 0 Å².